The van der Waals surface area contributed by atoms with Crippen molar-refractivity contribution in [2.45, 2.75) is 235 Å². The second kappa shape index (κ2) is 36.1. The molecule has 4 aromatic carbocycles. The Morgan fingerprint density at radius 3 is 1.17 bits per heavy atom. The molecular weight excluding hydrogens is 1310 g/mol. The molecule has 4 aliphatic carbocycles. The summed E-state index contributed by atoms with van der Waals surface area (Å²) in [6.07, 6.45) is 27.0. The van der Waals surface area contributed by atoms with Gasteiger partial charge in [-0.05, 0) is 286 Å². The summed E-state index contributed by atoms with van der Waals surface area (Å²) in [5.41, 5.74) is 12.2. The van der Waals surface area contributed by atoms with Crippen LogP contribution in [0.25, 0.3) is 0 Å². The summed E-state index contributed by atoms with van der Waals surface area (Å²) < 4.78 is 26.3. The Morgan fingerprint density at radius 2 is 0.804 bits per heavy atom. The summed E-state index contributed by atoms with van der Waals surface area (Å²) in [6.45, 7) is 33.9. The van der Waals surface area contributed by atoms with Crippen molar-refractivity contribution in [2.24, 2.45) is 17.8 Å². The van der Waals surface area contributed by atoms with Crippen LogP contribution in [0.3, 0.4) is 0 Å². The van der Waals surface area contributed by atoms with Crippen molar-refractivity contribution in [3.63, 3.8) is 0 Å². The largest absolute Gasteiger partial charge is 0.350 e. The Morgan fingerprint density at radius 1 is 0.471 bits per heavy atom. The molecule has 0 bridgehead atoms. The summed E-state index contributed by atoms with van der Waals surface area (Å²) in [6, 6.07) is 35.5. The van der Waals surface area contributed by atoms with E-state index < -0.39 is 10.0 Å². The minimum atomic E-state index is -3.19. The first kappa shape index (κ1) is 79.6. The van der Waals surface area contributed by atoms with E-state index in [1.54, 1.807) is 25.9 Å². The number of piperidine rings is 4. The van der Waals surface area contributed by atoms with Gasteiger partial charge in [-0.15, -0.1) is 0 Å². The van der Waals surface area contributed by atoms with Crippen LogP contribution in [0, 0.1) is 17.8 Å². The maximum atomic E-state index is 12.7. The summed E-state index contributed by atoms with van der Waals surface area (Å²) in [5.74, 6) is 2.38. The minimum Gasteiger partial charge on any atom is -0.350 e. The fourth-order valence-electron chi connectivity index (χ4n) is 18.9. The number of likely N-dealkylation sites (tertiary alicyclic amines) is 5. The Kier molecular flexibility index (Phi) is 28.1. The van der Waals surface area contributed by atoms with Gasteiger partial charge in [0.15, 0.2) is 0 Å². The molecule has 4 aromatic rings. The second-order valence-corrected chi connectivity index (χ2v) is 37.0. The highest BCUT2D eigenvalue weighted by Gasteiger charge is 2.49. The normalized spacial score (nSPS) is 23.6. The van der Waals surface area contributed by atoms with E-state index in [0.29, 0.717) is 5.41 Å². The van der Waals surface area contributed by atoms with Crippen LogP contribution >= 0.6 is 11.8 Å². The number of benzene rings is 4. The smallest absolute Gasteiger partial charge is 0.317 e. The van der Waals surface area contributed by atoms with Crippen LogP contribution in [0.2, 0.25) is 0 Å². The van der Waals surface area contributed by atoms with Crippen molar-refractivity contribution in [1.82, 2.24) is 50.1 Å². The lowest BCUT2D eigenvalue weighted by molar-refractivity contribution is -0.119. The van der Waals surface area contributed by atoms with E-state index in [1.807, 2.05) is 22.7 Å². The molecular formula is C85H140N10O5S2. The number of sulfonamides is 1. The zero-order chi connectivity index (χ0) is 72.8. The van der Waals surface area contributed by atoms with Crippen molar-refractivity contribution in [1.29, 1.82) is 0 Å². The zero-order valence-electron chi connectivity index (χ0n) is 64.9. The van der Waals surface area contributed by atoms with Gasteiger partial charge < -0.3 is 45.3 Å². The first-order valence-corrected chi connectivity index (χ1v) is 43.1. The van der Waals surface area contributed by atoms with Gasteiger partial charge in [0, 0.05) is 61.9 Å². The van der Waals surface area contributed by atoms with Crippen molar-refractivity contribution in [2.75, 3.05) is 118 Å². The molecule has 9 aliphatic rings. The van der Waals surface area contributed by atoms with Crippen molar-refractivity contribution >= 4 is 39.8 Å². The standard InChI is InChI=1S/C23H35N3O.C21H33N3O.C21H32N2OS.C20H32N2O2S.4H2/c1-18(2)9-14-25-15-10-23(11-16-25)17-21(19-7-3-4-8-20(19)23)24-22(27)26-12-5-6-13-26;1-16(2)9-12-24-13-10-21(11-14-24)15-19(22-20(25)23(3)4)17-7-5-6-8-18(17)21;1-16(25-3)9-13-23-14-11-21(12-15-23)10-8-20(22-17(2)24)18-6-4-5-7-19(18)21;1-16(2)9-13-22-14-11-20(12-15-22)10-8-19(21-25(3,23)24)17-6-4-5-7-18(17)20;;;;/h3-4,7-8,18,21H,5-6,9-17H2,1-2H3,(H,24,27);5-8,16,19H,9-15H2,1-4H3,(H,22,25);4-7,16,20H,8-15H2,1-3H3,(H,22,24);4-7,16,19,21H,8-15H2,1-3H3;4*1H/t21-;19-;16?,20-;19-;;;;/m0000..../s1. The third-order valence-corrected chi connectivity index (χ3v) is 27.1. The molecule has 572 valence electrons. The molecule has 5 amide bonds. The van der Waals surface area contributed by atoms with E-state index >= 15 is 0 Å². The van der Waals surface area contributed by atoms with Gasteiger partial charge in [0.1, 0.15) is 0 Å². The van der Waals surface area contributed by atoms with Crippen molar-refractivity contribution < 1.29 is 28.5 Å². The van der Waals surface area contributed by atoms with Gasteiger partial charge in [0.25, 0.3) is 0 Å². The Bertz CT molecular complexity index is 3470. The maximum absolute atomic E-state index is 12.7. The molecule has 5 fully saturated rings. The molecule has 1 unspecified atom stereocenters. The van der Waals surface area contributed by atoms with E-state index in [-0.39, 0.29) is 64.1 Å². The third kappa shape index (κ3) is 20.4. The molecule has 13 rings (SSSR count). The average molecular weight is 1450 g/mol. The monoisotopic (exact) mass is 1450 g/mol. The van der Waals surface area contributed by atoms with Crippen LogP contribution in [-0.2, 0) is 36.5 Å². The first-order chi connectivity index (χ1) is 48.8. The molecule has 102 heavy (non-hydrogen) atoms. The lowest BCUT2D eigenvalue weighted by Gasteiger charge is -2.47. The molecule has 4 spiro atoms. The van der Waals surface area contributed by atoms with Gasteiger partial charge in [-0.25, -0.2) is 22.7 Å². The summed E-state index contributed by atoms with van der Waals surface area (Å²) >= 11 is 1.97. The van der Waals surface area contributed by atoms with Crippen LogP contribution in [0.15, 0.2) is 97.1 Å². The number of carbonyl (C=O) groups is 3. The number of carbonyl (C=O) groups excluding carboxylic acids is 3. The number of hydrogen-bond donors (Lipinski definition) is 4. The number of rotatable bonds is 18. The predicted octanol–water partition coefficient (Wildman–Crippen LogP) is 16.7. The number of amides is 5. The number of nitrogens with zero attached hydrogens (tertiary/aromatic N) is 6. The second-order valence-electron chi connectivity index (χ2n) is 34.0. The highest BCUT2D eigenvalue weighted by Crippen LogP contribution is 2.54. The van der Waals surface area contributed by atoms with E-state index in [1.165, 1.54) is 200 Å². The summed E-state index contributed by atoms with van der Waals surface area (Å²) in [5, 5.41) is 10.5. The summed E-state index contributed by atoms with van der Waals surface area (Å²) in [4.78, 5) is 50.6. The fourth-order valence-corrected chi connectivity index (χ4v) is 20.0. The number of thioether (sulfide) groups is 1. The first-order valence-electron chi connectivity index (χ1n) is 39.9. The Balaban J connectivity index is 0.000000219. The lowest BCUT2D eigenvalue weighted by Crippen LogP contribution is -2.46. The number of fused-ring (bicyclic) bond motifs is 8. The van der Waals surface area contributed by atoms with E-state index in [9.17, 15) is 22.8 Å². The van der Waals surface area contributed by atoms with Crippen molar-refractivity contribution in [3.05, 3.63) is 142 Å². The molecule has 0 aromatic heterocycles. The van der Waals surface area contributed by atoms with Crippen LogP contribution in [0.5, 0.6) is 0 Å². The number of urea groups is 2. The molecule has 17 heteroatoms. The van der Waals surface area contributed by atoms with E-state index in [2.05, 4.69) is 186 Å². The molecule has 5 atom stereocenters. The van der Waals surface area contributed by atoms with Crippen LogP contribution < -0.4 is 20.7 Å². The van der Waals surface area contributed by atoms with Gasteiger partial charge >= 0.3 is 12.1 Å². The lowest BCUT2D eigenvalue weighted by atomic mass is 9.63. The van der Waals surface area contributed by atoms with Crippen molar-refractivity contribution in [3.8, 4) is 0 Å². The zero-order valence-corrected chi connectivity index (χ0v) is 66.6. The minimum absolute atomic E-state index is 0. The molecule has 0 saturated carbocycles. The molecule has 15 nitrogen and oxygen atoms in total. The molecule has 0 radical (unpaired) electrons. The van der Waals surface area contributed by atoms with Crippen LogP contribution in [0.4, 0.5) is 9.59 Å². The summed E-state index contributed by atoms with van der Waals surface area (Å²) in [7, 11) is 0.418. The predicted molar refractivity (Wildman–Crippen MR) is 432 cm³/mol. The molecule has 5 aliphatic heterocycles. The third-order valence-electron chi connectivity index (χ3n) is 25.3. The molecule has 5 saturated heterocycles. The Labute approximate surface area is 627 Å². The molecule has 5 heterocycles. The fraction of sp³-hybridized carbons (Fsp3) is 0.682. The van der Waals surface area contributed by atoms with Crippen LogP contribution in [-0.4, -0.2) is 179 Å². The maximum Gasteiger partial charge on any atom is 0.317 e. The number of nitrogens with one attached hydrogen (secondary N) is 4. The topological polar surface area (TPSA) is 153 Å². The van der Waals surface area contributed by atoms with Gasteiger partial charge in [-0.3, -0.25) is 4.79 Å². The van der Waals surface area contributed by atoms with Gasteiger partial charge in [-0.2, -0.15) is 11.8 Å². The Hall–Kier alpha value is -5.01. The van der Waals surface area contributed by atoms with Crippen LogP contribution in [0.1, 0.15) is 258 Å². The highest BCUT2D eigenvalue weighted by atomic mass is 32.2. The quantitative estimate of drug-likeness (QED) is 0.0757. The SMILES string of the molecule is CC(C)CCN1CCC2(CC1)C[C@H](NC(=O)N(C)C)c1ccccc12.CC(C)CCN1CCC2(CC1)C[C@H](NC(=O)N1CCCC1)c1ccccc12.CC(C)CCN1CCC2(CC[C@H](NS(C)(=O)=O)c3ccccc32)CC1.CSC(C)CCN1CCC2(CC[C@H](NC(C)=O)c3ccccc32)CC1.[HH].[HH].[HH].[HH]. The average Bonchev–Trinajstić information content (AvgIpc) is 1.44. The van der Waals surface area contributed by atoms with E-state index in [0.717, 1.165) is 94.1 Å². The molecule has 4 N–H and O–H groups in total. The highest BCUT2D eigenvalue weighted by molar-refractivity contribution is 7.99. The van der Waals surface area contributed by atoms with Gasteiger partial charge in [-0.1, -0.05) is 146 Å². The van der Waals surface area contributed by atoms with Gasteiger partial charge in [0.05, 0.1) is 24.4 Å². The number of hydrogen-bond acceptors (Lipinski definition) is 10. The van der Waals surface area contributed by atoms with Gasteiger partial charge in [0.2, 0.25) is 15.9 Å². The van der Waals surface area contributed by atoms with E-state index in [4.69, 9.17) is 0 Å².